The van der Waals surface area contributed by atoms with Gasteiger partial charge in [0.2, 0.25) is 0 Å². The SMILES string of the molecule is O=C1c2ccccc2C(=O)N1CC1COc2ccc(O)cc2O1. The van der Waals surface area contributed by atoms with Crippen LogP contribution in [0.3, 0.4) is 0 Å². The lowest BCUT2D eigenvalue weighted by molar-refractivity contribution is 0.0429. The highest BCUT2D eigenvalue weighted by atomic mass is 16.6. The summed E-state index contributed by atoms with van der Waals surface area (Å²) in [4.78, 5) is 25.9. The van der Waals surface area contributed by atoms with Crippen molar-refractivity contribution in [3.8, 4) is 17.2 Å². The van der Waals surface area contributed by atoms with E-state index in [1.54, 1.807) is 30.3 Å². The normalized spacial score (nSPS) is 19.0. The average Bonchev–Trinajstić information content (AvgIpc) is 2.80. The molecule has 116 valence electrons. The highest BCUT2D eigenvalue weighted by Crippen LogP contribution is 2.35. The fourth-order valence-corrected chi connectivity index (χ4v) is 2.80. The third kappa shape index (κ3) is 2.19. The molecule has 0 saturated carbocycles. The molecule has 0 radical (unpaired) electrons. The molecule has 1 N–H and O–H groups in total. The largest absolute Gasteiger partial charge is 0.508 e. The van der Waals surface area contributed by atoms with Crippen LogP contribution in [0.5, 0.6) is 17.2 Å². The lowest BCUT2D eigenvalue weighted by Gasteiger charge is -2.28. The predicted molar refractivity (Wildman–Crippen MR) is 79.8 cm³/mol. The number of benzene rings is 2. The van der Waals surface area contributed by atoms with Crippen LogP contribution in [0.25, 0.3) is 0 Å². The first-order valence-electron chi connectivity index (χ1n) is 7.21. The van der Waals surface area contributed by atoms with Crippen molar-refractivity contribution in [3.63, 3.8) is 0 Å². The minimum absolute atomic E-state index is 0.0636. The number of phenolic OH excluding ortho intramolecular Hbond substituents is 1. The van der Waals surface area contributed by atoms with Crippen molar-refractivity contribution in [1.82, 2.24) is 4.90 Å². The topological polar surface area (TPSA) is 76.1 Å². The zero-order valence-corrected chi connectivity index (χ0v) is 12.1. The third-order valence-corrected chi connectivity index (χ3v) is 3.91. The third-order valence-electron chi connectivity index (χ3n) is 3.91. The first-order chi connectivity index (χ1) is 11.1. The molecule has 4 rings (SSSR count). The quantitative estimate of drug-likeness (QED) is 0.856. The molecular formula is C17H13NO5. The van der Waals surface area contributed by atoms with E-state index < -0.39 is 6.10 Å². The second-order valence-electron chi connectivity index (χ2n) is 5.45. The molecule has 6 heteroatoms. The maximum Gasteiger partial charge on any atom is 0.261 e. The summed E-state index contributed by atoms with van der Waals surface area (Å²) in [7, 11) is 0. The van der Waals surface area contributed by atoms with Gasteiger partial charge in [0.1, 0.15) is 12.4 Å². The van der Waals surface area contributed by atoms with E-state index in [1.807, 2.05) is 0 Å². The van der Waals surface area contributed by atoms with Gasteiger partial charge < -0.3 is 14.6 Å². The van der Waals surface area contributed by atoms with Crippen LogP contribution in [0.2, 0.25) is 0 Å². The highest BCUT2D eigenvalue weighted by molar-refractivity contribution is 6.21. The Morgan fingerprint density at radius 2 is 1.74 bits per heavy atom. The van der Waals surface area contributed by atoms with Gasteiger partial charge in [0.15, 0.2) is 17.6 Å². The Labute approximate surface area is 131 Å². The molecule has 2 aliphatic heterocycles. The zero-order valence-electron chi connectivity index (χ0n) is 12.1. The van der Waals surface area contributed by atoms with Gasteiger partial charge in [-0.3, -0.25) is 14.5 Å². The molecule has 2 heterocycles. The van der Waals surface area contributed by atoms with Gasteiger partial charge in [0.25, 0.3) is 11.8 Å². The summed E-state index contributed by atoms with van der Waals surface area (Å²) in [6, 6.07) is 11.3. The maximum atomic E-state index is 12.3. The number of hydrogen-bond acceptors (Lipinski definition) is 5. The van der Waals surface area contributed by atoms with Crippen molar-refractivity contribution in [2.75, 3.05) is 13.2 Å². The fourth-order valence-electron chi connectivity index (χ4n) is 2.80. The summed E-state index contributed by atoms with van der Waals surface area (Å²) in [5.41, 5.74) is 0.819. The van der Waals surface area contributed by atoms with Gasteiger partial charge in [0, 0.05) is 6.07 Å². The van der Waals surface area contributed by atoms with Crippen molar-refractivity contribution >= 4 is 11.8 Å². The molecule has 23 heavy (non-hydrogen) atoms. The number of hydrogen-bond donors (Lipinski definition) is 1. The number of carbonyl (C=O) groups excluding carboxylic acids is 2. The number of carbonyl (C=O) groups is 2. The Kier molecular flexibility index (Phi) is 2.97. The lowest BCUT2D eigenvalue weighted by atomic mass is 10.1. The molecule has 0 spiro atoms. The minimum atomic E-state index is -0.480. The lowest BCUT2D eigenvalue weighted by Crippen LogP contribution is -2.43. The Bertz CT molecular complexity index is 781. The summed E-state index contributed by atoms with van der Waals surface area (Å²) in [6.45, 7) is 0.326. The van der Waals surface area contributed by atoms with E-state index in [1.165, 1.54) is 17.0 Å². The molecular weight excluding hydrogens is 298 g/mol. The standard InChI is InChI=1S/C17H13NO5/c19-10-5-6-14-15(7-10)23-11(9-22-14)8-18-16(20)12-3-1-2-4-13(12)17(18)21/h1-7,11,19H,8-9H2. The number of phenols is 1. The Morgan fingerprint density at radius 3 is 2.43 bits per heavy atom. The minimum Gasteiger partial charge on any atom is -0.508 e. The molecule has 1 atom stereocenters. The number of aromatic hydroxyl groups is 1. The van der Waals surface area contributed by atoms with E-state index in [-0.39, 0.29) is 30.7 Å². The Hall–Kier alpha value is -3.02. The van der Waals surface area contributed by atoms with Gasteiger partial charge >= 0.3 is 0 Å². The average molecular weight is 311 g/mol. The van der Waals surface area contributed by atoms with Crippen LogP contribution in [-0.4, -0.2) is 41.1 Å². The van der Waals surface area contributed by atoms with Crippen LogP contribution in [0.4, 0.5) is 0 Å². The van der Waals surface area contributed by atoms with E-state index in [4.69, 9.17) is 9.47 Å². The molecule has 1 unspecified atom stereocenters. The molecule has 2 aromatic rings. The number of amides is 2. The van der Waals surface area contributed by atoms with Crippen molar-refractivity contribution in [2.45, 2.75) is 6.10 Å². The number of fused-ring (bicyclic) bond motifs is 2. The van der Waals surface area contributed by atoms with Gasteiger partial charge in [-0.1, -0.05) is 12.1 Å². The fraction of sp³-hybridized carbons (Fsp3) is 0.176. The van der Waals surface area contributed by atoms with Crippen molar-refractivity contribution in [1.29, 1.82) is 0 Å². The number of nitrogens with zero attached hydrogens (tertiary/aromatic N) is 1. The van der Waals surface area contributed by atoms with Gasteiger partial charge in [-0.2, -0.15) is 0 Å². The molecule has 0 fully saturated rings. The molecule has 0 aliphatic carbocycles. The van der Waals surface area contributed by atoms with Gasteiger partial charge in [-0.25, -0.2) is 0 Å². The Morgan fingerprint density at radius 1 is 1.04 bits per heavy atom. The van der Waals surface area contributed by atoms with Gasteiger partial charge in [-0.15, -0.1) is 0 Å². The summed E-state index contributed by atoms with van der Waals surface area (Å²) < 4.78 is 11.3. The van der Waals surface area contributed by atoms with Crippen LogP contribution >= 0.6 is 0 Å². The number of imide groups is 1. The second kappa shape index (κ2) is 5.01. The van der Waals surface area contributed by atoms with Crippen LogP contribution in [0, 0.1) is 0 Å². The molecule has 2 aromatic carbocycles. The maximum absolute atomic E-state index is 12.3. The van der Waals surface area contributed by atoms with Crippen LogP contribution < -0.4 is 9.47 Å². The zero-order chi connectivity index (χ0) is 16.0. The first kappa shape index (κ1) is 13.6. The molecule has 6 nitrogen and oxygen atoms in total. The van der Waals surface area contributed by atoms with Crippen LogP contribution in [-0.2, 0) is 0 Å². The van der Waals surface area contributed by atoms with Gasteiger partial charge in [-0.05, 0) is 24.3 Å². The van der Waals surface area contributed by atoms with Crippen molar-refractivity contribution in [3.05, 3.63) is 53.6 Å². The predicted octanol–water partition coefficient (Wildman–Crippen LogP) is 1.83. The monoisotopic (exact) mass is 311 g/mol. The summed E-state index contributed by atoms with van der Waals surface area (Å²) >= 11 is 0. The van der Waals surface area contributed by atoms with E-state index >= 15 is 0 Å². The van der Waals surface area contributed by atoms with E-state index in [9.17, 15) is 14.7 Å². The molecule has 2 amide bonds. The van der Waals surface area contributed by atoms with E-state index in [0.717, 1.165) is 0 Å². The van der Waals surface area contributed by atoms with Crippen molar-refractivity contribution < 1.29 is 24.2 Å². The molecule has 0 bridgehead atoms. The number of rotatable bonds is 2. The second-order valence-corrected chi connectivity index (χ2v) is 5.45. The smallest absolute Gasteiger partial charge is 0.261 e. The van der Waals surface area contributed by atoms with Crippen LogP contribution in [0.15, 0.2) is 42.5 Å². The molecule has 2 aliphatic rings. The summed E-state index contributed by atoms with van der Waals surface area (Å²) in [5, 5.41) is 9.51. The van der Waals surface area contributed by atoms with Crippen molar-refractivity contribution in [2.24, 2.45) is 0 Å². The summed E-state index contributed by atoms with van der Waals surface area (Å²) in [5.74, 6) is 0.347. The highest BCUT2D eigenvalue weighted by Gasteiger charge is 2.37. The first-order valence-corrected chi connectivity index (χ1v) is 7.21. The van der Waals surface area contributed by atoms with E-state index in [2.05, 4.69) is 0 Å². The molecule has 0 saturated heterocycles. The van der Waals surface area contributed by atoms with Gasteiger partial charge in [0.05, 0.1) is 17.7 Å². The summed E-state index contributed by atoms with van der Waals surface area (Å²) in [6.07, 6.45) is -0.480. The van der Waals surface area contributed by atoms with Crippen LogP contribution in [0.1, 0.15) is 20.7 Å². The molecule has 0 aromatic heterocycles. The number of ether oxygens (including phenoxy) is 2. The van der Waals surface area contributed by atoms with E-state index in [0.29, 0.717) is 22.6 Å². The Balaban J connectivity index is 1.54.